The van der Waals surface area contributed by atoms with Crippen LogP contribution in [-0.4, -0.2) is 29.1 Å². The van der Waals surface area contributed by atoms with Crippen LogP contribution in [0.1, 0.15) is 49.6 Å². The molecule has 2 N–H and O–H groups in total. The number of hydrogen-bond acceptors (Lipinski definition) is 4. The average molecular weight is 443 g/mol. The van der Waals surface area contributed by atoms with E-state index in [0.29, 0.717) is 31.6 Å². The topological polar surface area (TPSA) is 101 Å². The summed E-state index contributed by atoms with van der Waals surface area (Å²) in [5.74, 6) is 0.849. The maximum absolute atomic E-state index is 13.1. The first-order valence-corrected chi connectivity index (χ1v) is 11.1. The zero-order valence-corrected chi connectivity index (χ0v) is 18.8. The second kappa shape index (κ2) is 8.70. The number of halogens is 1. The Morgan fingerprint density at radius 3 is 2.48 bits per heavy atom. The van der Waals surface area contributed by atoms with Crippen molar-refractivity contribution in [2.24, 2.45) is 0 Å². The third-order valence-corrected chi connectivity index (χ3v) is 5.94. The molecule has 0 aliphatic carbocycles. The summed E-state index contributed by atoms with van der Waals surface area (Å²) in [6.07, 6.45) is 4.11. The Balaban J connectivity index is 1.59. The Kier molecular flexibility index (Phi) is 6.00. The number of rotatable bonds is 8. The van der Waals surface area contributed by atoms with Gasteiger partial charge in [0, 0.05) is 19.5 Å². The Labute approximate surface area is 184 Å². The summed E-state index contributed by atoms with van der Waals surface area (Å²) in [7, 11) is 0. The second-order valence-electron chi connectivity index (χ2n) is 8.06. The van der Waals surface area contributed by atoms with Crippen molar-refractivity contribution in [1.82, 2.24) is 29.1 Å². The highest BCUT2D eigenvalue weighted by molar-refractivity contribution is 6.28. The summed E-state index contributed by atoms with van der Waals surface area (Å²) in [6.45, 7) is 7.05. The third kappa shape index (κ3) is 4.17. The summed E-state index contributed by atoms with van der Waals surface area (Å²) < 4.78 is 2.83. The number of nitrogens with one attached hydrogen (secondary N) is 2. The lowest BCUT2D eigenvalue weighted by atomic mass is 10.1. The fourth-order valence-electron chi connectivity index (χ4n) is 3.90. The molecule has 0 unspecified atom stereocenters. The average Bonchev–Trinajstić information content (AvgIpc) is 3.30. The molecular weight excluding hydrogens is 416 g/mol. The molecule has 164 valence electrons. The molecular formula is C22H27ClN6O2. The van der Waals surface area contributed by atoms with Gasteiger partial charge in [0.25, 0.3) is 5.56 Å². The van der Waals surface area contributed by atoms with Gasteiger partial charge in [0.2, 0.25) is 5.28 Å². The van der Waals surface area contributed by atoms with Gasteiger partial charge in [-0.15, -0.1) is 0 Å². The van der Waals surface area contributed by atoms with E-state index >= 15 is 0 Å². The number of aromatic nitrogens is 6. The second-order valence-corrected chi connectivity index (χ2v) is 8.42. The van der Waals surface area contributed by atoms with E-state index in [2.05, 4.69) is 52.8 Å². The van der Waals surface area contributed by atoms with Crippen LogP contribution in [0, 0.1) is 13.8 Å². The van der Waals surface area contributed by atoms with E-state index in [4.69, 9.17) is 11.6 Å². The van der Waals surface area contributed by atoms with E-state index in [1.165, 1.54) is 15.7 Å². The standard InChI is InChI=1S/C22H27ClN6O2/c1-4-5-6-9-28-19-18(26-21(23)27-19)20(30)29(22(28)31)10-7-8-17-24-15-11-13(2)14(3)12-16(15)25-17/h11-12H,4-10H2,1-3H3,(H,24,25)(H,26,27). The molecule has 31 heavy (non-hydrogen) atoms. The van der Waals surface area contributed by atoms with Crippen molar-refractivity contribution in [3.63, 3.8) is 0 Å². The van der Waals surface area contributed by atoms with Crippen molar-refractivity contribution in [3.8, 4) is 0 Å². The lowest BCUT2D eigenvalue weighted by molar-refractivity contribution is 0.524. The minimum Gasteiger partial charge on any atom is -0.342 e. The number of aryl methyl sites for hydroxylation is 4. The molecule has 9 heteroatoms. The summed E-state index contributed by atoms with van der Waals surface area (Å²) in [6, 6.07) is 4.16. The molecule has 3 heterocycles. The van der Waals surface area contributed by atoms with E-state index in [1.54, 1.807) is 4.57 Å². The molecule has 1 aromatic carbocycles. The van der Waals surface area contributed by atoms with Gasteiger partial charge < -0.3 is 9.97 Å². The quantitative estimate of drug-likeness (QED) is 0.319. The van der Waals surface area contributed by atoms with E-state index in [1.807, 2.05) is 0 Å². The number of benzene rings is 1. The zero-order chi connectivity index (χ0) is 22.1. The molecule has 0 bridgehead atoms. The molecule has 0 spiro atoms. The van der Waals surface area contributed by atoms with Crippen LogP contribution < -0.4 is 11.2 Å². The first-order chi connectivity index (χ1) is 14.9. The predicted octanol–water partition coefficient (Wildman–Crippen LogP) is 3.86. The van der Waals surface area contributed by atoms with Crippen LogP contribution >= 0.6 is 11.6 Å². The third-order valence-electron chi connectivity index (χ3n) is 5.76. The normalized spacial score (nSPS) is 11.7. The molecule has 0 saturated carbocycles. The molecule has 0 atom stereocenters. The van der Waals surface area contributed by atoms with Crippen LogP contribution in [0.2, 0.25) is 5.28 Å². The lowest BCUT2D eigenvalue weighted by Crippen LogP contribution is -2.40. The van der Waals surface area contributed by atoms with Crippen molar-refractivity contribution >= 4 is 33.8 Å². The summed E-state index contributed by atoms with van der Waals surface area (Å²) in [5, 5.41) is 0.112. The van der Waals surface area contributed by atoms with E-state index in [-0.39, 0.29) is 22.0 Å². The highest BCUT2D eigenvalue weighted by atomic mass is 35.5. The molecule has 0 aliphatic rings. The van der Waals surface area contributed by atoms with Crippen molar-refractivity contribution < 1.29 is 0 Å². The molecule has 4 rings (SSSR count). The smallest absolute Gasteiger partial charge is 0.332 e. The fraction of sp³-hybridized carbons (Fsp3) is 0.455. The molecule has 0 radical (unpaired) electrons. The first-order valence-electron chi connectivity index (χ1n) is 10.7. The molecule has 0 amide bonds. The SMILES string of the molecule is CCCCCn1c(=O)n(CCCc2nc3cc(C)c(C)cc3[nH]2)c(=O)c2[nH]c(Cl)nc21. The van der Waals surface area contributed by atoms with Crippen LogP contribution in [0.15, 0.2) is 21.7 Å². The van der Waals surface area contributed by atoms with Crippen LogP contribution in [0.4, 0.5) is 0 Å². The summed E-state index contributed by atoms with van der Waals surface area (Å²) >= 11 is 6.00. The Morgan fingerprint density at radius 2 is 1.71 bits per heavy atom. The predicted molar refractivity (Wildman–Crippen MR) is 123 cm³/mol. The van der Waals surface area contributed by atoms with Crippen molar-refractivity contribution in [2.45, 2.75) is 66.0 Å². The van der Waals surface area contributed by atoms with Gasteiger partial charge in [-0.25, -0.2) is 9.78 Å². The molecule has 0 saturated heterocycles. The van der Waals surface area contributed by atoms with Crippen LogP contribution in [0.3, 0.4) is 0 Å². The maximum atomic E-state index is 13.1. The summed E-state index contributed by atoms with van der Waals surface area (Å²) in [5.41, 5.74) is 4.22. The largest absolute Gasteiger partial charge is 0.342 e. The monoisotopic (exact) mass is 442 g/mol. The van der Waals surface area contributed by atoms with Crippen LogP contribution in [-0.2, 0) is 19.5 Å². The minimum absolute atomic E-state index is 0.112. The van der Waals surface area contributed by atoms with E-state index < -0.39 is 0 Å². The van der Waals surface area contributed by atoms with Gasteiger partial charge in [-0.2, -0.15) is 4.98 Å². The van der Waals surface area contributed by atoms with E-state index in [0.717, 1.165) is 36.1 Å². The van der Waals surface area contributed by atoms with Crippen molar-refractivity contribution in [2.75, 3.05) is 0 Å². The minimum atomic E-state index is -0.387. The highest BCUT2D eigenvalue weighted by Gasteiger charge is 2.17. The Morgan fingerprint density at radius 1 is 0.968 bits per heavy atom. The fourth-order valence-corrected chi connectivity index (χ4v) is 4.08. The van der Waals surface area contributed by atoms with Gasteiger partial charge in [0.15, 0.2) is 11.2 Å². The molecule has 0 aliphatic heterocycles. The lowest BCUT2D eigenvalue weighted by Gasteiger charge is -2.11. The molecule has 4 aromatic rings. The maximum Gasteiger partial charge on any atom is 0.332 e. The number of aromatic amines is 2. The summed E-state index contributed by atoms with van der Waals surface area (Å²) in [4.78, 5) is 40.9. The number of H-pyrrole nitrogens is 2. The van der Waals surface area contributed by atoms with Crippen LogP contribution in [0.5, 0.6) is 0 Å². The Hall–Kier alpha value is -2.87. The van der Waals surface area contributed by atoms with Crippen molar-refractivity contribution in [1.29, 1.82) is 0 Å². The van der Waals surface area contributed by atoms with Gasteiger partial charge in [-0.1, -0.05) is 19.8 Å². The number of nitrogens with zero attached hydrogens (tertiary/aromatic N) is 4. The van der Waals surface area contributed by atoms with Gasteiger partial charge in [-0.3, -0.25) is 13.9 Å². The van der Waals surface area contributed by atoms with Crippen molar-refractivity contribution in [3.05, 3.63) is 55.2 Å². The van der Waals surface area contributed by atoms with Gasteiger partial charge in [0.1, 0.15) is 5.82 Å². The Bertz CT molecular complexity index is 1320. The van der Waals surface area contributed by atoms with Crippen LogP contribution in [0.25, 0.3) is 22.2 Å². The van der Waals surface area contributed by atoms with E-state index in [9.17, 15) is 9.59 Å². The zero-order valence-electron chi connectivity index (χ0n) is 18.1. The van der Waals surface area contributed by atoms with Gasteiger partial charge in [0.05, 0.1) is 11.0 Å². The number of imidazole rings is 2. The number of fused-ring (bicyclic) bond motifs is 2. The molecule has 3 aromatic heterocycles. The number of unbranched alkanes of at least 4 members (excludes halogenated alkanes) is 2. The highest BCUT2D eigenvalue weighted by Crippen LogP contribution is 2.18. The first kappa shape index (κ1) is 21.4. The van der Waals surface area contributed by atoms with Gasteiger partial charge >= 0.3 is 5.69 Å². The molecule has 0 fully saturated rings. The van der Waals surface area contributed by atoms with Gasteiger partial charge in [-0.05, 0) is 61.5 Å². The number of hydrogen-bond donors (Lipinski definition) is 2. The molecule has 8 nitrogen and oxygen atoms in total.